The highest BCUT2D eigenvalue weighted by Gasteiger charge is 2.67. The number of nitrogens with one attached hydrogen (secondary N) is 1. The predicted octanol–water partition coefficient (Wildman–Crippen LogP) is 4.90. The zero-order valence-corrected chi connectivity index (χ0v) is 13.7. The Hall–Kier alpha value is -0.820. The lowest BCUT2D eigenvalue weighted by Crippen LogP contribution is -2.21. The van der Waals surface area contributed by atoms with Gasteiger partial charge in [-0.1, -0.05) is 58.4 Å². The molecule has 2 fully saturated rings. The monoisotopic (exact) mass is 271 g/mol. The van der Waals surface area contributed by atoms with Gasteiger partial charge in [-0.05, 0) is 53.7 Å². The molecule has 1 nitrogen and oxygen atoms in total. The third-order valence-electron chi connectivity index (χ3n) is 6.65. The maximum Gasteiger partial charge on any atom is 0.0356 e. The van der Waals surface area contributed by atoms with Crippen molar-refractivity contribution in [1.82, 2.24) is 5.32 Å². The van der Waals surface area contributed by atoms with Crippen molar-refractivity contribution in [2.45, 2.75) is 58.9 Å². The van der Waals surface area contributed by atoms with Gasteiger partial charge in [0.1, 0.15) is 0 Å². The van der Waals surface area contributed by atoms with Crippen LogP contribution >= 0.6 is 0 Å². The maximum atomic E-state index is 3.57. The summed E-state index contributed by atoms with van der Waals surface area (Å²) in [5, 5.41) is 3.57. The van der Waals surface area contributed by atoms with E-state index < -0.39 is 0 Å². The van der Waals surface area contributed by atoms with E-state index in [2.05, 4.69) is 64.3 Å². The lowest BCUT2D eigenvalue weighted by Gasteiger charge is -2.26. The van der Waals surface area contributed by atoms with Crippen LogP contribution in [0.3, 0.4) is 0 Å². The van der Waals surface area contributed by atoms with Crippen LogP contribution in [-0.2, 0) is 0 Å². The van der Waals surface area contributed by atoms with E-state index in [9.17, 15) is 0 Å². The maximum absolute atomic E-state index is 3.57. The Bertz CT molecular complexity index is 465. The fourth-order valence-corrected chi connectivity index (χ4v) is 4.32. The molecule has 1 unspecified atom stereocenters. The summed E-state index contributed by atoms with van der Waals surface area (Å²) in [6.45, 7) is 9.63. The molecule has 3 rings (SSSR count). The van der Waals surface area contributed by atoms with E-state index >= 15 is 0 Å². The number of rotatable bonds is 4. The number of hydrogen-bond acceptors (Lipinski definition) is 1. The van der Waals surface area contributed by atoms with Crippen LogP contribution in [0.15, 0.2) is 24.3 Å². The second kappa shape index (κ2) is 4.59. The standard InChI is InChI=1S/C19H29N/c1-18(2)17(19(18,3)4)16(20-5)15-11-9-14(10-12-15)13-7-6-8-13/h9-13,16-17,20H,6-8H2,1-5H3. The van der Waals surface area contributed by atoms with Gasteiger partial charge < -0.3 is 5.32 Å². The van der Waals surface area contributed by atoms with Gasteiger partial charge in [-0.3, -0.25) is 0 Å². The van der Waals surface area contributed by atoms with Gasteiger partial charge in [0.25, 0.3) is 0 Å². The topological polar surface area (TPSA) is 12.0 Å². The highest BCUT2D eigenvalue weighted by molar-refractivity contribution is 5.32. The van der Waals surface area contributed by atoms with Crippen LogP contribution in [0, 0.1) is 16.7 Å². The SMILES string of the molecule is CNC(c1ccc(C2CCC2)cc1)C1C(C)(C)C1(C)C. The normalized spacial score (nSPS) is 26.1. The Morgan fingerprint density at radius 2 is 1.55 bits per heavy atom. The molecule has 110 valence electrons. The highest BCUT2D eigenvalue weighted by Crippen LogP contribution is 2.72. The molecule has 1 aromatic carbocycles. The van der Waals surface area contributed by atoms with Crippen LogP contribution in [0.5, 0.6) is 0 Å². The molecule has 1 aromatic rings. The largest absolute Gasteiger partial charge is 0.313 e. The molecule has 1 heteroatoms. The first-order valence-corrected chi connectivity index (χ1v) is 8.16. The molecule has 0 bridgehead atoms. The third-order valence-corrected chi connectivity index (χ3v) is 6.65. The molecule has 1 N–H and O–H groups in total. The van der Waals surface area contributed by atoms with Gasteiger partial charge in [0.15, 0.2) is 0 Å². The van der Waals surface area contributed by atoms with E-state index in [1.807, 2.05) is 0 Å². The Morgan fingerprint density at radius 1 is 1.00 bits per heavy atom. The first-order chi connectivity index (χ1) is 9.39. The molecule has 2 aliphatic carbocycles. The lowest BCUT2D eigenvalue weighted by molar-refractivity contribution is 0.418. The van der Waals surface area contributed by atoms with Crippen LogP contribution in [0.4, 0.5) is 0 Å². The van der Waals surface area contributed by atoms with E-state index in [-0.39, 0.29) is 0 Å². The van der Waals surface area contributed by atoms with Crippen molar-refractivity contribution in [2.75, 3.05) is 7.05 Å². The summed E-state index contributed by atoms with van der Waals surface area (Å²) >= 11 is 0. The fraction of sp³-hybridized carbons (Fsp3) is 0.684. The third kappa shape index (κ3) is 1.94. The van der Waals surface area contributed by atoms with Gasteiger partial charge in [0.05, 0.1) is 0 Å². The van der Waals surface area contributed by atoms with E-state index in [1.54, 1.807) is 5.56 Å². The van der Waals surface area contributed by atoms with Gasteiger partial charge in [0.2, 0.25) is 0 Å². The summed E-state index contributed by atoms with van der Waals surface area (Å²) in [4.78, 5) is 0. The van der Waals surface area contributed by atoms with Crippen LogP contribution < -0.4 is 5.32 Å². The van der Waals surface area contributed by atoms with E-state index in [0.717, 1.165) is 11.8 Å². The Labute approximate surface area is 124 Å². The average molecular weight is 271 g/mol. The van der Waals surface area contributed by atoms with Crippen LogP contribution in [-0.4, -0.2) is 7.05 Å². The molecular formula is C19H29N. The smallest absolute Gasteiger partial charge is 0.0356 e. The molecule has 20 heavy (non-hydrogen) atoms. The Balaban J connectivity index is 1.80. The fourth-order valence-electron chi connectivity index (χ4n) is 4.32. The predicted molar refractivity (Wildman–Crippen MR) is 85.9 cm³/mol. The first-order valence-electron chi connectivity index (χ1n) is 8.16. The minimum Gasteiger partial charge on any atom is -0.313 e. The van der Waals surface area contributed by atoms with Gasteiger partial charge in [-0.15, -0.1) is 0 Å². The quantitative estimate of drug-likeness (QED) is 0.821. The lowest BCUT2D eigenvalue weighted by atomic mass is 9.79. The van der Waals surface area contributed by atoms with Crippen molar-refractivity contribution in [2.24, 2.45) is 16.7 Å². The summed E-state index contributed by atoms with van der Waals surface area (Å²) in [5.41, 5.74) is 3.85. The zero-order valence-electron chi connectivity index (χ0n) is 13.7. The average Bonchev–Trinajstić information content (AvgIpc) is 2.73. The molecule has 0 saturated heterocycles. The van der Waals surface area contributed by atoms with Gasteiger partial charge in [-0.2, -0.15) is 0 Å². The van der Waals surface area contributed by atoms with Gasteiger partial charge >= 0.3 is 0 Å². The van der Waals surface area contributed by atoms with Crippen molar-refractivity contribution in [1.29, 1.82) is 0 Å². The minimum absolute atomic E-state index is 0.424. The molecule has 2 saturated carbocycles. The molecule has 0 aromatic heterocycles. The van der Waals surface area contributed by atoms with E-state index in [4.69, 9.17) is 0 Å². The summed E-state index contributed by atoms with van der Waals surface area (Å²) in [7, 11) is 2.11. The van der Waals surface area contributed by atoms with Crippen molar-refractivity contribution >= 4 is 0 Å². The van der Waals surface area contributed by atoms with E-state index in [0.29, 0.717) is 16.9 Å². The van der Waals surface area contributed by atoms with Crippen molar-refractivity contribution in [3.63, 3.8) is 0 Å². The summed E-state index contributed by atoms with van der Waals surface area (Å²) < 4.78 is 0. The van der Waals surface area contributed by atoms with Crippen LogP contribution in [0.1, 0.15) is 70.0 Å². The van der Waals surface area contributed by atoms with Crippen molar-refractivity contribution < 1.29 is 0 Å². The molecule has 0 spiro atoms. The summed E-state index contributed by atoms with van der Waals surface area (Å²) in [6, 6.07) is 9.94. The van der Waals surface area contributed by atoms with Crippen LogP contribution in [0.2, 0.25) is 0 Å². The van der Waals surface area contributed by atoms with Crippen LogP contribution in [0.25, 0.3) is 0 Å². The zero-order chi connectivity index (χ0) is 14.5. The Kier molecular flexibility index (Phi) is 3.25. The first kappa shape index (κ1) is 14.1. The second-order valence-electron chi connectivity index (χ2n) is 7.98. The number of benzene rings is 1. The van der Waals surface area contributed by atoms with Gasteiger partial charge in [-0.25, -0.2) is 0 Å². The summed E-state index contributed by atoms with van der Waals surface area (Å²) in [5.74, 6) is 1.56. The molecule has 0 aliphatic heterocycles. The molecule has 2 aliphatic rings. The van der Waals surface area contributed by atoms with Crippen molar-refractivity contribution in [3.8, 4) is 0 Å². The second-order valence-corrected chi connectivity index (χ2v) is 7.98. The molecular weight excluding hydrogens is 242 g/mol. The molecule has 1 atom stereocenters. The highest BCUT2D eigenvalue weighted by atomic mass is 14.9. The van der Waals surface area contributed by atoms with Crippen molar-refractivity contribution in [3.05, 3.63) is 35.4 Å². The molecule has 0 amide bonds. The van der Waals surface area contributed by atoms with Gasteiger partial charge in [0, 0.05) is 6.04 Å². The van der Waals surface area contributed by atoms with E-state index in [1.165, 1.54) is 24.8 Å². The minimum atomic E-state index is 0.424. The Morgan fingerprint density at radius 3 is 1.90 bits per heavy atom. The summed E-state index contributed by atoms with van der Waals surface area (Å²) in [6.07, 6.45) is 4.19. The molecule has 0 radical (unpaired) electrons. The number of hydrogen-bond donors (Lipinski definition) is 1. The molecule has 0 heterocycles.